The maximum absolute atomic E-state index is 12.5. The molecule has 0 saturated carbocycles. The number of nitrogens with zero attached hydrogens (tertiary/aromatic N) is 1. The highest BCUT2D eigenvalue weighted by Gasteiger charge is 2.31. The van der Waals surface area contributed by atoms with Crippen molar-refractivity contribution in [3.8, 4) is 0 Å². The van der Waals surface area contributed by atoms with Crippen LogP contribution in [0.25, 0.3) is 0 Å². The Morgan fingerprint density at radius 2 is 1.76 bits per heavy atom. The van der Waals surface area contributed by atoms with Gasteiger partial charge in [-0.05, 0) is 43.7 Å². The zero-order valence-electron chi connectivity index (χ0n) is 15.0. The molecular weight excluding hydrogens is 316 g/mol. The monoisotopic (exact) mass is 344 g/mol. The molecular formula is C20H28N2O3. The predicted molar refractivity (Wildman–Crippen MR) is 95.9 cm³/mol. The lowest BCUT2D eigenvalue weighted by Crippen LogP contribution is -2.45. The molecule has 2 aliphatic heterocycles. The maximum Gasteiger partial charge on any atom is 0.225 e. The van der Waals surface area contributed by atoms with Crippen LogP contribution < -0.4 is 5.32 Å². The fourth-order valence-corrected chi connectivity index (χ4v) is 3.70. The summed E-state index contributed by atoms with van der Waals surface area (Å²) in [6.45, 7) is 5.40. The highest BCUT2D eigenvalue weighted by atomic mass is 16.5. The zero-order chi connectivity index (χ0) is 17.6. The standard InChI is InChI=1S/C20H28N2O3/c1-15-4-2-3-5-18(15)14-21-19(23)16-6-10-22(11-7-16)20(24)17-8-12-25-13-9-17/h2-5,16-17H,6-14H2,1H3,(H,21,23). The van der Waals surface area contributed by atoms with Gasteiger partial charge in [0.25, 0.3) is 0 Å². The fraction of sp³-hybridized carbons (Fsp3) is 0.600. The molecule has 1 aromatic carbocycles. The molecule has 0 unspecified atom stereocenters. The second-order valence-corrected chi connectivity index (χ2v) is 7.13. The lowest BCUT2D eigenvalue weighted by Gasteiger charge is -2.34. The van der Waals surface area contributed by atoms with Gasteiger partial charge in [-0.3, -0.25) is 9.59 Å². The number of piperidine rings is 1. The minimum Gasteiger partial charge on any atom is -0.381 e. The molecule has 0 radical (unpaired) electrons. The second kappa shape index (κ2) is 8.48. The number of carbonyl (C=O) groups is 2. The molecule has 5 heteroatoms. The fourth-order valence-electron chi connectivity index (χ4n) is 3.70. The normalized spacial score (nSPS) is 19.6. The van der Waals surface area contributed by atoms with E-state index in [1.54, 1.807) is 0 Å². The molecule has 0 spiro atoms. The third-order valence-electron chi connectivity index (χ3n) is 5.46. The minimum absolute atomic E-state index is 0.0164. The van der Waals surface area contributed by atoms with Crippen molar-refractivity contribution in [3.05, 3.63) is 35.4 Å². The number of rotatable bonds is 4. The van der Waals surface area contributed by atoms with Gasteiger partial charge in [-0.15, -0.1) is 0 Å². The van der Waals surface area contributed by atoms with Gasteiger partial charge in [0.15, 0.2) is 0 Å². The Kier molecular flexibility index (Phi) is 6.08. The first-order valence-corrected chi connectivity index (χ1v) is 9.34. The highest BCUT2D eigenvalue weighted by molar-refractivity contribution is 5.81. The highest BCUT2D eigenvalue weighted by Crippen LogP contribution is 2.23. The molecule has 25 heavy (non-hydrogen) atoms. The molecule has 5 nitrogen and oxygen atoms in total. The van der Waals surface area contributed by atoms with E-state index in [0.717, 1.165) is 31.2 Å². The first-order chi connectivity index (χ1) is 12.1. The van der Waals surface area contributed by atoms with Crippen molar-refractivity contribution in [2.45, 2.75) is 39.2 Å². The van der Waals surface area contributed by atoms with Crippen molar-refractivity contribution in [2.75, 3.05) is 26.3 Å². The summed E-state index contributed by atoms with van der Waals surface area (Å²) in [5.74, 6) is 0.492. The molecule has 0 atom stereocenters. The van der Waals surface area contributed by atoms with Gasteiger partial charge in [0, 0.05) is 44.7 Å². The summed E-state index contributed by atoms with van der Waals surface area (Å²) in [6, 6.07) is 8.10. The molecule has 0 bridgehead atoms. The summed E-state index contributed by atoms with van der Waals surface area (Å²) in [7, 11) is 0. The second-order valence-electron chi connectivity index (χ2n) is 7.13. The van der Waals surface area contributed by atoms with Crippen LogP contribution in [-0.2, 0) is 20.9 Å². The molecule has 2 fully saturated rings. The van der Waals surface area contributed by atoms with Crippen molar-refractivity contribution in [1.82, 2.24) is 10.2 Å². The van der Waals surface area contributed by atoms with Crippen molar-refractivity contribution < 1.29 is 14.3 Å². The molecule has 2 amide bonds. The van der Waals surface area contributed by atoms with Crippen LogP contribution in [0.2, 0.25) is 0 Å². The topological polar surface area (TPSA) is 58.6 Å². The summed E-state index contributed by atoms with van der Waals surface area (Å²) in [6.07, 6.45) is 3.18. The summed E-state index contributed by atoms with van der Waals surface area (Å²) in [5, 5.41) is 3.06. The number of likely N-dealkylation sites (tertiary alicyclic amines) is 1. The molecule has 0 aliphatic carbocycles. The van der Waals surface area contributed by atoms with Crippen LogP contribution in [0.3, 0.4) is 0 Å². The molecule has 3 rings (SSSR count). The van der Waals surface area contributed by atoms with Crippen molar-refractivity contribution in [2.24, 2.45) is 11.8 Å². The SMILES string of the molecule is Cc1ccccc1CNC(=O)C1CCN(C(=O)C2CCOCC2)CC1. The van der Waals surface area contributed by atoms with E-state index < -0.39 is 0 Å². The van der Waals surface area contributed by atoms with Crippen LogP contribution in [-0.4, -0.2) is 43.0 Å². The van der Waals surface area contributed by atoms with E-state index in [9.17, 15) is 9.59 Å². The molecule has 2 saturated heterocycles. The predicted octanol–water partition coefficient (Wildman–Crippen LogP) is 2.28. The molecule has 1 N–H and O–H groups in total. The summed E-state index contributed by atoms with van der Waals surface area (Å²) in [5.41, 5.74) is 2.35. The van der Waals surface area contributed by atoms with Gasteiger partial charge in [0.1, 0.15) is 0 Å². The number of hydrogen-bond donors (Lipinski definition) is 1. The van der Waals surface area contributed by atoms with Crippen LogP contribution >= 0.6 is 0 Å². The number of ether oxygens (including phenoxy) is 1. The van der Waals surface area contributed by atoms with Crippen LogP contribution in [0.1, 0.15) is 36.8 Å². The van der Waals surface area contributed by atoms with E-state index in [0.29, 0.717) is 32.8 Å². The van der Waals surface area contributed by atoms with E-state index in [1.807, 2.05) is 23.1 Å². The van der Waals surface area contributed by atoms with Gasteiger partial charge in [-0.1, -0.05) is 24.3 Å². The Labute approximate surface area is 149 Å². The lowest BCUT2D eigenvalue weighted by molar-refractivity contribution is -0.141. The summed E-state index contributed by atoms with van der Waals surface area (Å²) < 4.78 is 5.33. The Bertz CT molecular complexity index is 603. The smallest absolute Gasteiger partial charge is 0.225 e. The van der Waals surface area contributed by atoms with E-state index >= 15 is 0 Å². The lowest BCUT2D eigenvalue weighted by atomic mass is 9.93. The number of aryl methyl sites for hydroxylation is 1. The average Bonchev–Trinajstić information content (AvgIpc) is 2.67. The zero-order valence-corrected chi connectivity index (χ0v) is 15.0. The first kappa shape index (κ1) is 17.9. The number of benzene rings is 1. The van der Waals surface area contributed by atoms with E-state index in [-0.39, 0.29) is 23.7 Å². The van der Waals surface area contributed by atoms with E-state index in [1.165, 1.54) is 5.56 Å². The molecule has 2 aliphatic rings. The van der Waals surface area contributed by atoms with Crippen LogP contribution in [0.5, 0.6) is 0 Å². The number of hydrogen-bond acceptors (Lipinski definition) is 3. The van der Waals surface area contributed by atoms with Crippen LogP contribution in [0, 0.1) is 18.8 Å². The first-order valence-electron chi connectivity index (χ1n) is 9.34. The summed E-state index contributed by atoms with van der Waals surface area (Å²) >= 11 is 0. The molecule has 1 aromatic rings. The third-order valence-corrected chi connectivity index (χ3v) is 5.46. The number of carbonyl (C=O) groups excluding carboxylic acids is 2. The van der Waals surface area contributed by atoms with Gasteiger partial charge >= 0.3 is 0 Å². The minimum atomic E-state index is 0.0164. The molecule has 0 aromatic heterocycles. The van der Waals surface area contributed by atoms with E-state index in [2.05, 4.69) is 18.3 Å². The van der Waals surface area contributed by atoms with Crippen molar-refractivity contribution >= 4 is 11.8 Å². The van der Waals surface area contributed by atoms with Crippen molar-refractivity contribution in [3.63, 3.8) is 0 Å². The average molecular weight is 344 g/mol. The number of amides is 2. The molecule has 136 valence electrons. The van der Waals surface area contributed by atoms with Crippen LogP contribution in [0.4, 0.5) is 0 Å². The quantitative estimate of drug-likeness (QED) is 0.912. The Morgan fingerprint density at radius 1 is 1.08 bits per heavy atom. The largest absolute Gasteiger partial charge is 0.381 e. The van der Waals surface area contributed by atoms with Crippen LogP contribution in [0.15, 0.2) is 24.3 Å². The number of nitrogens with one attached hydrogen (secondary N) is 1. The summed E-state index contributed by atoms with van der Waals surface area (Å²) in [4.78, 5) is 26.9. The molecule has 2 heterocycles. The van der Waals surface area contributed by atoms with Gasteiger partial charge in [-0.2, -0.15) is 0 Å². The maximum atomic E-state index is 12.5. The van der Waals surface area contributed by atoms with E-state index in [4.69, 9.17) is 4.74 Å². The third kappa shape index (κ3) is 4.60. The van der Waals surface area contributed by atoms with Gasteiger partial charge in [-0.25, -0.2) is 0 Å². The van der Waals surface area contributed by atoms with Gasteiger partial charge in [0.2, 0.25) is 11.8 Å². The Hall–Kier alpha value is -1.88. The Morgan fingerprint density at radius 3 is 2.44 bits per heavy atom. The Balaban J connectivity index is 1.44. The van der Waals surface area contributed by atoms with Gasteiger partial charge in [0.05, 0.1) is 0 Å². The van der Waals surface area contributed by atoms with Gasteiger partial charge < -0.3 is 15.0 Å². The van der Waals surface area contributed by atoms with Crippen molar-refractivity contribution in [1.29, 1.82) is 0 Å².